The van der Waals surface area contributed by atoms with E-state index in [1.807, 2.05) is 0 Å². The molecule has 0 aliphatic heterocycles. The molecular formula is C18H19ClN4O4. The van der Waals surface area contributed by atoms with E-state index in [1.165, 1.54) is 4.90 Å². The molecule has 0 aliphatic carbocycles. The maximum atomic E-state index is 12.1. The molecule has 27 heavy (non-hydrogen) atoms. The van der Waals surface area contributed by atoms with Gasteiger partial charge in [0.25, 0.3) is 0 Å². The minimum Gasteiger partial charge on any atom is -0.456 e. The van der Waals surface area contributed by atoms with Crippen LogP contribution in [0, 0.1) is 0 Å². The number of hydrogen-bond acceptors (Lipinski definition) is 7. The Kier molecular flexibility index (Phi) is 7.25. The van der Waals surface area contributed by atoms with Gasteiger partial charge in [-0.3, -0.25) is 14.4 Å². The lowest BCUT2D eigenvalue weighted by Gasteiger charge is -2.16. The van der Waals surface area contributed by atoms with Crippen molar-refractivity contribution in [3.8, 4) is 0 Å². The lowest BCUT2D eigenvalue weighted by molar-refractivity contribution is -0.140. The van der Waals surface area contributed by atoms with Gasteiger partial charge >= 0.3 is 5.97 Å². The van der Waals surface area contributed by atoms with Crippen LogP contribution in [-0.4, -0.2) is 48.1 Å². The van der Waals surface area contributed by atoms with Gasteiger partial charge in [0.1, 0.15) is 6.54 Å². The van der Waals surface area contributed by atoms with Crippen LogP contribution in [0.4, 0.5) is 11.5 Å². The van der Waals surface area contributed by atoms with E-state index >= 15 is 0 Å². The number of benzene rings is 1. The molecule has 1 amide bonds. The molecular weight excluding hydrogens is 372 g/mol. The standard InChI is InChI=1S/C18H19ClN4O4/c1-3-17(25)20-13-6-4-12(5-7-13)14(24)11-27-18(26)10-23(2)16-9-8-15(19)21-22-16/h4-9H,3,10-11H2,1-2H3,(H,20,25). The first-order chi connectivity index (χ1) is 12.9. The Morgan fingerprint density at radius 2 is 1.81 bits per heavy atom. The van der Waals surface area contributed by atoms with Crippen molar-refractivity contribution in [2.75, 3.05) is 30.4 Å². The Morgan fingerprint density at radius 3 is 2.41 bits per heavy atom. The number of esters is 1. The van der Waals surface area contributed by atoms with Crippen LogP contribution in [0.2, 0.25) is 5.15 Å². The summed E-state index contributed by atoms with van der Waals surface area (Å²) in [4.78, 5) is 36.9. The highest BCUT2D eigenvalue weighted by Crippen LogP contribution is 2.12. The molecule has 2 rings (SSSR count). The van der Waals surface area contributed by atoms with E-state index in [1.54, 1.807) is 50.4 Å². The summed E-state index contributed by atoms with van der Waals surface area (Å²) in [6.45, 7) is 1.28. The van der Waals surface area contributed by atoms with Crippen molar-refractivity contribution < 1.29 is 19.1 Å². The second-order valence-corrected chi connectivity index (χ2v) is 6.02. The topological polar surface area (TPSA) is 101 Å². The van der Waals surface area contributed by atoms with E-state index in [0.29, 0.717) is 23.5 Å². The van der Waals surface area contributed by atoms with Crippen LogP contribution in [0.25, 0.3) is 0 Å². The molecule has 0 unspecified atom stereocenters. The van der Waals surface area contributed by atoms with Crippen LogP contribution >= 0.6 is 11.6 Å². The molecule has 1 aromatic carbocycles. The van der Waals surface area contributed by atoms with Gasteiger partial charge in [-0.25, -0.2) is 0 Å². The number of hydrogen-bond donors (Lipinski definition) is 1. The van der Waals surface area contributed by atoms with Gasteiger partial charge in [-0.1, -0.05) is 18.5 Å². The third kappa shape index (κ3) is 6.34. The average molecular weight is 391 g/mol. The molecule has 0 atom stereocenters. The summed E-state index contributed by atoms with van der Waals surface area (Å²) in [5, 5.41) is 10.5. The molecule has 2 aromatic rings. The molecule has 1 N–H and O–H groups in total. The van der Waals surface area contributed by atoms with Crippen molar-refractivity contribution >= 4 is 40.8 Å². The maximum absolute atomic E-state index is 12.1. The number of ether oxygens (including phenoxy) is 1. The number of rotatable bonds is 8. The van der Waals surface area contributed by atoms with Crippen LogP contribution in [-0.2, 0) is 14.3 Å². The molecule has 142 valence electrons. The maximum Gasteiger partial charge on any atom is 0.326 e. The van der Waals surface area contributed by atoms with Crippen molar-refractivity contribution in [2.45, 2.75) is 13.3 Å². The number of likely N-dealkylation sites (N-methyl/N-ethyl adjacent to an activating group) is 1. The predicted molar refractivity (Wildman–Crippen MR) is 101 cm³/mol. The largest absolute Gasteiger partial charge is 0.456 e. The molecule has 0 spiro atoms. The Hall–Kier alpha value is -3.00. The highest BCUT2D eigenvalue weighted by atomic mass is 35.5. The number of carbonyl (C=O) groups excluding carboxylic acids is 3. The molecule has 1 aromatic heterocycles. The minimum absolute atomic E-state index is 0.0917. The zero-order valence-corrected chi connectivity index (χ0v) is 15.7. The van der Waals surface area contributed by atoms with Gasteiger partial charge < -0.3 is 15.0 Å². The molecule has 9 heteroatoms. The summed E-state index contributed by atoms with van der Waals surface area (Å²) < 4.78 is 5.01. The van der Waals surface area contributed by atoms with E-state index in [-0.39, 0.29) is 30.0 Å². The second-order valence-electron chi connectivity index (χ2n) is 5.63. The first-order valence-electron chi connectivity index (χ1n) is 8.18. The quantitative estimate of drug-likeness (QED) is 0.545. The second kappa shape index (κ2) is 9.63. The minimum atomic E-state index is -0.575. The first-order valence-corrected chi connectivity index (χ1v) is 8.56. The normalized spacial score (nSPS) is 10.2. The van der Waals surface area contributed by atoms with E-state index < -0.39 is 5.97 Å². The van der Waals surface area contributed by atoms with Gasteiger partial charge in [-0.2, -0.15) is 0 Å². The van der Waals surface area contributed by atoms with Crippen LogP contribution in [0.1, 0.15) is 23.7 Å². The van der Waals surface area contributed by atoms with Gasteiger partial charge in [0.05, 0.1) is 0 Å². The molecule has 0 radical (unpaired) electrons. The number of aromatic nitrogens is 2. The van der Waals surface area contributed by atoms with Crippen LogP contribution in [0.15, 0.2) is 36.4 Å². The number of anilines is 2. The molecule has 0 aliphatic rings. The number of nitrogens with one attached hydrogen (secondary N) is 1. The highest BCUT2D eigenvalue weighted by Gasteiger charge is 2.13. The third-order valence-corrected chi connectivity index (χ3v) is 3.75. The number of carbonyl (C=O) groups is 3. The Bertz CT molecular complexity index is 809. The average Bonchev–Trinajstić information content (AvgIpc) is 2.67. The molecule has 0 saturated heterocycles. The lowest BCUT2D eigenvalue weighted by atomic mass is 10.1. The SMILES string of the molecule is CCC(=O)Nc1ccc(C(=O)COC(=O)CN(C)c2ccc(Cl)nn2)cc1. The Balaban J connectivity index is 1.82. The smallest absolute Gasteiger partial charge is 0.326 e. The van der Waals surface area contributed by atoms with E-state index in [2.05, 4.69) is 15.5 Å². The van der Waals surface area contributed by atoms with Crippen LogP contribution < -0.4 is 10.2 Å². The summed E-state index contributed by atoms with van der Waals surface area (Å²) in [5.74, 6) is -0.579. The molecule has 8 nitrogen and oxygen atoms in total. The van der Waals surface area contributed by atoms with Gasteiger partial charge in [0.15, 0.2) is 23.4 Å². The summed E-state index contributed by atoms with van der Waals surface area (Å²) in [5.41, 5.74) is 0.982. The molecule has 1 heterocycles. The zero-order chi connectivity index (χ0) is 19.8. The summed E-state index contributed by atoms with van der Waals surface area (Å²) in [7, 11) is 1.64. The highest BCUT2D eigenvalue weighted by molar-refractivity contribution is 6.29. The summed E-state index contributed by atoms with van der Waals surface area (Å²) in [6.07, 6.45) is 0.368. The monoisotopic (exact) mass is 390 g/mol. The first kappa shape index (κ1) is 20.3. The Labute approximate surface area is 161 Å². The van der Waals surface area contributed by atoms with Crippen molar-refractivity contribution in [1.29, 1.82) is 0 Å². The number of halogens is 1. The number of Topliss-reactive ketones (excluding diaryl/α,β-unsaturated/α-hetero) is 1. The molecule has 0 fully saturated rings. The van der Waals surface area contributed by atoms with Crippen molar-refractivity contribution in [2.24, 2.45) is 0 Å². The van der Waals surface area contributed by atoms with Gasteiger partial charge in [0.2, 0.25) is 5.91 Å². The predicted octanol–water partition coefficient (Wildman–Crippen LogP) is 2.34. The van der Waals surface area contributed by atoms with E-state index in [0.717, 1.165) is 0 Å². The lowest BCUT2D eigenvalue weighted by Crippen LogP contribution is -2.29. The number of nitrogens with zero attached hydrogens (tertiary/aromatic N) is 3. The molecule has 0 saturated carbocycles. The van der Waals surface area contributed by atoms with Crippen molar-refractivity contribution in [3.05, 3.63) is 47.1 Å². The summed E-state index contributed by atoms with van der Waals surface area (Å²) >= 11 is 5.66. The summed E-state index contributed by atoms with van der Waals surface area (Å²) in [6, 6.07) is 9.55. The number of amides is 1. The third-order valence-electron chi connectivity index (χ3n) is 3.55. The van der Waals surface area contributed by atoms with Crippen LogP contribution in [0.5, 0.6) is 0 Å². The fourth-order valence-corrected chi connectivity index (χ4v) is 2.15. The fourth-order valence-electron chi connectivity index (χ4n) is 2.05. The van der Waals surface area contributed by atoms with Gasteiger partial charge in [0, 0.05) is 24.7 Å². The van der Waals surface area contributed by atoms with Gasteiger partial charge in [-0.05, 0) is 36.4 Å². The van der Waals surface area contributed by atoms with E-state index in [9.17, 15) is 14.4 Å². The van der Waals surface area contributed by atoms with E-state index in [4.69, 9.17) is 16.3 Å². The Morgan fingerprint density at radius 1 is 1.11 bits per heavy atom. The van der Waals surface area contributed by atoms with Crippen molar-refractivity contribution in [1.82, 2.24) is 10.2 Å². The fraction of sp³-hybridized carbons (Fsp3) is 0.278. The zero-order valence-electron chi connectivity index (χ0n) is 14.9. The van der Waals surface area contributed by atoms with Gasteiger partial charge in [-0.15, -0.1) is 10.2 Å². The molecule has 0 bridgehead atoms. The number of ketones is 1. The van der Waals surface area contributed by atoms with Crippen LogP contribution in [0.3, 0.4) is 0 Å². The van der Waals surface area contributed by atoms with Crippen molar-refractivity contribution in [3.63, 3.8) is 0 Å².